The second-order valence-corrected chi connectivity index (χ2v) is 11.8. The second-order valence-electron chi connectivity index (χ2n) is 4.50. The SMILES string of the molecule is CCCC/C=C(/[Se]c1ccccc1)[Te]c1ccccc1. The second kappa shape index (κ2) is 9.43. The summed E-state index contributed by atoms with van der Waals surface area (Å²) in [5, 5.41) is 0. The molecule has 0 aliphatic heterocycles. The molecule has 2 rings (SSSR count). The van der Waals surface area contributed by atoms with Gasteiger partial charge in [0.15, 0.2) is 0 Å². The Bertz CT molecular complexity index is 476. The first-order chi connectivity index (χ1) is 9.88. The summed E-state index contributed by atoms with van der Waals surface area (Å²) >= 11 is 0.315. The monoisotopic (exact) mass is 446 g/mol. The van der Waals surface area contributed by atoms with Crippen LogP contribution in [0.2, 0.25) is 0 Å². The van der Waals surface area contributed by atoms with Crippen molar-refractivity contribution in [1.29, 1.82) is 0 Å². The van der Waals surface area contributed by atoms with Crippen LogP contribution in [0.3, 0.4) is 0 Å². The van der Waals surface area contributed by atoms with Crippen molar-refractivity contribution in [3.8, 4) is 0 Å². The van der Waals surface area contributed by atoms with Crippen LogP contribution in [0.4, 0.5) is 0 Å². The fraction of sp³-hybridized carbons (Fsp3) is 0.222. The normalized spacial score (nSPS) is 11.6. The van der Waals surface area contributed by atoms with Gasteiger partial charge in [-0.05, 0) is 0 Å². The van der Waals surface area contributed by atoms with E-state index in [9.17, 15) is 0 Å². The third kappa shape index (κ3) is 5.86. The average molecular weight is 443 g/mol. The van der Waals surface area contributed by atoms with E-state index in [1.54, 1.807) is 6.13 Å². The van der Waals surface area contributed by atoms with Crippen molar-refractivity contribution in [2.45, 2.75) is 26.2 Å². The molecule has 0 saturated heterocycles. The molecule has 2 aromatic rings. The molecule has 0 fully saturated rings. The van der Waals surface area contributed by atoms with Crippen LogP contribution in [-0.4, -0.2) is 35.9 Å². The van der Waals surface area contributed by atoms with Gasteiger partial charge in [0.2, 0.25) is 0 Å². The van der Waals surface area contributed by atoms with Crippen LogP contribution in [-0.2, 0) is 0 Å². The van der Waals surface area contributed by atoms with Gasteiger partial charge in [0.1, 0.15) is 0 Å². The summed E-state index contributed by atoms with van der Waals surface area (Å²) in [7, 11) is 0. The van der Waals surface area contributed by atoms with Gasteiger partial charge in [-0.3, -0.25) is 0 Å². The van der Waals surface area contributed by atoms with Gasteiger partial charge in [-0.2, -0.15) is 0 Å². The van der Waals surface area contributed by atoms with Crippen LogP contribution in [0.5, 0.6) is 0 Å². The van der Waals surface area contributed by atoms with E-state index in [2.05, 4.69) is 73.7 Å². The van der Waals surface area contributed by atoms with Crippen molar-refractivity contribution in [1.82, 2.24) is 0 Å². The molecule has 20 heavy (non-hydrogen) atoms. The Labute approximate surface area is 138 Å². The van der Waals surface area contributed by atoms with E-state index >= 15 is 0 Å². The Morgan fingerprint density at radius 3 is 2.30 bits per heavy atom. The molecule has 0 aromatic heterocycles. The van der Waals surface area contributed by atoms with Crippen LogP contribution in [0.15, 0.2) is 69.3 Å². The first-order valence-electron chi connectivity index (χ1n) is 7.04. The predicted octanol–water partition coefficient (Wildman–Crippen LogP) is 3.08. The summed E-state index contributed by atoms with van der Waals surface area (Å²) in [5.74, 6) is 0. The van der Waals surface area contributed by atoms with Crippen LogP contribution >= 0.6 is 0 Å². The van der Waals surface area contributed by atoms with Crippen molar-refractivity contribution >= 4 is 44.0 Å². The molecule has 2 aromatic carbocycles. The molecule has 0 N–H and O–H groups in total. The predicted molar refractivity (Wildman–Crippen MR) is 91.3 cm³/mol. The van der Waals surface area contributed by atoms with Crippen molar-refractivity contribution in [3.05, 3.63) is 69.3 Å². The molecule has 0 amide bonds. The van der Waals surface area contributed by atoms with Gasteiger partial charge in [0.25, 0.3) is 0 Å². The van der Waals surface area contributed by atoms with Crippen molar-refractivity contribution < 1.29 is 0 Å². The number of hydrogen-bond acceptors (Lipinski definition) is 0. The maximum atomic E-state index is 2.53. The molecule has 0 aliphatic rings. The molecule has 0 bridgehead atoms. The fourth-order valence-electron chi connectivity index (χ4n) is 1.74. The third-order valence-corrected chi connectivity index (χ3v) is 9.54. The first-order valence-corrected chi connectivity index (χ1v) is 11.1. The van der Waals surface area contributed by atoms with E-state index < -0.39 is 0 Å². The number of hydrogen-bond donors (Lipinski definition) is 0. The molecule has 0 saturated carbocycles. The molecule has 0 aliphatic carbocycles. The van der Waals surface area contributed by atoms with Crippen molar-refractivity contribution in [2.75, 3.05) is 0 Å². The molecule has 0 spiro atoms. The maximum absolute atomic E-state index is 2.53. The summed E-state index contributed by atoms with van der Waals surface area (Å²) < 4.78 is 4.79. The molecule has 2 heteroatoms. The molecule has 0 radical (unpaired) electrons. The van der Waals surface area contributed by atoms with Gasteiger partial charge in [-0.25, -0.2) is 0 Å². The van der Waals surface area contributed by atoms with Crippen molar-refractivity contribution in [3.63, 3.8) is 0 Å². The topological polar surface area (TPSA) is 0 Å². The molecule has 0 atom stereocenters. The van der Waals surface area contributed by atoms with Crippen LogP contribution in [0.25, 0.3) is 0 Å². The Hall–Kier alpha value is -0.511. The van der Waals surface area contributed by atoms with E-state index in [0.29, 0.717) is 15.0 Å². The van der Waals surface area contributed by atoms with E-state index in [0.717, 1.165) is 0 Å². The van der Waals surface area contributed by atoms with Gasteiger partial charge < -0.3 is 0 Å². The van der Waals surface area contributed by atoms with Crippen LogP contribution < -0.4 is 8.07 Å². The van der Waals surface area contributed by atoms with E-state index in [4.69, 9.17) is 0 Å². The fourth-order valence-corrected chi connectivity index (χ4v) is 8.82. The summed E-state index contributed by atoms with van der Waals surface area (Å²) in [6.45, 7) is 2.27. The Morgan fingerprint density at radius 2 is 1.65 bits per heavy atom. The number of benzene rings is 2. The number of unbranched alkanes of at least 4 members (excludes halogenated alkanes) is 2. The van der Waals surface area contributed by atoms with Gasteiger partial charge in [-0.1, -0.05) is 0 Å². The zero-order valence-corrected chi connectivity index (χ0v) is 15.8. The van der Waals surface area contributed by atoms with Gasteiger partial charge >= 0.3 is 139 Å². The third-order valence-electron chi connectivity index (χ3n) is 2.79. The van der Waals surface area contributed by atoms with Gasteiger partial charge in [-0.15, -0.1) is 0 Å². The summed E-state index contributed by atoms with van der Waals surface area (Å²) in [6.07, 6.45) is 6.38. The summed E-state index contributed by atoms with van der Waals surface area (Å²) in [5.41, 5.74) is 0. The number of allylic oxidation sites excluding steroid dienone is 1. The van der Waals surface area contributed by atoms with E-state index in [1.807, 2.05) is 0 Å². The summed E-state index contributed by atoms with van der Waals surface area (Å²) in [6, 6.07) is 22.0. The molecule has 0 heterocycles. The quantitative estimate of drug-likeness (QED) is 0.456. The van der Waals surface area contributed by atoms with E-state index in [1.165, 1.54) is 23.7 Å². The zero-order chi connectivity index (χ0) is 14.0. The molecule has 0 nitrogen and oxygen atoms in total. The minimum atomic E-state index is -0.192. The van der Waals surface area contributed by atoms with Gasteiger partial charge in [0.05, 0.1) is 0 Å². The molecular weight excluding hydrogens is 423 g/mol. The minimum absolute atomic E-state index is 0.192. The standard InChI is InChI=1S/C18H20SeTe/c1-2-3-6-15-18(19-16-11-7-4-8-12-16)20-17-13-9-5-10-14-17/h4-5,7-15H,2-3,6H2,1H3/b18-15-. The molecule has 104 valence electrons. The Kier molecular flexibility index (Phi) is 7.48. The molecular formula is C18H20SeTe. The Morgan fingerprint density at radius 1 is 1.00 bits per heavy atom. The zero-order valence-electron chi connectivity index (χ0n) is 11.8. The van der Waals surface area contributed by atoms with Crippen molar-refractivity contribution in [2.24, 2.45) is 0 Å². The Balaban J connectivity index is 2.06. The van der Waals surface area contributed by atoms with Crippen LogP contribution in [0, 0.1) is 0 Å². The first kappa shape index (κ1) is 15.9. The number of rotatable bonds is 7. The molecule has 0 unspecified atom stereocenters. The van der Waals surface area contributed by atoms with Crippen LogP contribution in [0.1, 0.15) is 26.2 Å². The summed E-state index contributed by atoms with van der Waals surface area (Å²) in [4.78, 5) is 0. The average Bonchev–Trinajstić information content (AvgIpc) is 2.49. The van der Waals surface area contributed by atoms with Gasteiger partial charge in [0, 0.05) is 0 Å². The van der Waals surface area contributed by atoms with E-state index in [-0.39, 0.29) is 20.9 Å².